The largest absolute Gasteiger partial charge is 0.756 e. The molecule has 0 fully saturated rings. The molecule has 7 nitrogen and oxygen atoms in total. The lowest BCUT2D eigenvalue weighted by atomic mass is 10.0. The van der Waals surface area contributed by atoms with E-state index in [1.165, 1.54) is 77.0 Å². The number of nitrogens with zero attached hydrogens (tertiary/aromatic N) is 1. The molecule has 0 rings (SSSR count). The van der Waals surface area contributed by atoms with Gasteiger partial charge in [0.25, 0.3) is 7.82 Å². The van der Waals surface area contributed by atoms with Gasteiger partial charge in [-0.15, -0.1) is 0 Å². The molecule has 0 aromatic rings. The molecule has 0 saturated carbocycles. The maximum Gasteiger partial charge on any atom is 0.268 e. The summed E-state index contributed by atoms with van der Waals surface area (Å²) in [5.74, 6) is 0. The number of phosphoric acid groups is 1. The van der Waals surface area contributed by atoms with Crippen LogP contribution in [0, 0.1) is 0 Å². The first-order chi connectivity index (χ1) is 19.1. The molecule has 0 spiro atoms. The van der Waals surface area contributed by atoms with Gasteiger partial charge in [-0.1, -0.05) is 128 Å². The second-order valence-corrected chi connectivity index (χ2v) is 15.0. The van der Waals surface area contributed by atoms with Gasteiger partial charge in [0.1, 0.15) is 13.2 Å². The molecular weight excluding hydrogens is 545 g/mol. The normalized spacial score (nSPS) is 14.3. The van der Waals surface area contributed by atoms with Crippen LogP contribution in [0.15, 0.2) is 0 Å². The van der Waals surface area contributed by atoms with Gasteiger partial charge in [-0.05, 0) is 12.8 Å². The smallest absolute Gasteiger partial charge is 0.268 e. The van der Waals surface area contributed by atoms with Gasteiger partial charge >= 0.3 is 0 Å². The molecule has 0 heterocycles. The fraction of sp³-hybridized carbons (Fsp3) is 0.968. The number of rotatable bonds is 30. The van der Waals surface area contributed by atoms with Crippen molar-refractivity contribution in [2.45, 2.75) is 141 Å². The Balaban J connectivity index is 4.14. The van der Waals surface area contributed by atoms with Gasteiger partial charge in [-0.25, -0.2) is 0 Å². The number of carbonyl (C=O) groups excluding carboxylic acids is 1. The zero-order valence-corrected chi connectivity index (χ0v) is 28.5. The summed E-state index contributed by atoms with van der Waals surface area (Å²) in [5, 5.41) is -0.300. The Morgan fingerprint density at radius 2 is 1.18 bits per heavy atom. The number of thioether (sulfide) groups is 1. The van der Waals surface area contributed by atoms with Crippen LogP contribution in [-0.2, 0) is 23.1 Å². The van der Waals surface area contributed by atoms with E-state index in [0.717, 1.165) is 50.3 Å². The van der Waals surface area contributed by atoms with Gasteiger partial charge in [0.15, 0.2) is 5.12 Å². The number of ether oxygens (including phenoxy) is 1. The highest BCUT2D eigenvalue weighted by Crippen LogP contribution is 2.39. The molecule has 1 unspecified atom stereocenters. The van der Waals surface area contributed by atoms with Gasteiger partial charge in [-0.3, -0.25) is 9.36 Å². The molecule has 0 aliphatic carbocycles. The third-order valence-electron chi connectivity index (χ3n) is 6.91. The van der Waals surface area contributed by atoms with Crippen molar-refractivity contribution in [1.29, 1.82) is 0 Å². The molecule has 240 valence electrons. The molecule has 9 heteroatoms. The van der Waals surface area contributed by atoms with Gasteiger partial charge in [-0.2, -0.15) is 0 Å². The van der Waals surface area contributed by atoms with E-state index in [-0.39, 0.29) is 23.6 Å². The van der Waals surface area contributed by atoms with Crippen LogP contribution in [0.5, 0.6) is 0 Å². The molecule has 0 bridgehead atoms. The Labute approximate surface area is 252 Å². The molecule has 0 amide bonds. The van der Waals surface area contributed by atoms with Crippen molar-refractivity contribution < 1.29 is 32.5 Å². The summed E-state index contributed by atoms with van der Waals surface area (Å²) in [6.45, 7) is 5.82. The van der Waals surface area contributed by atoms with Crippen LogP contribution in [0.25, 0.3) is 0 Å². The lowest BCUT2D eigenvalue weighted by Gasteiger charge is -2.28. The van der Waals surface area contributed by atoms with Crippen molar-refractivity contribution in [3.05, 3.63) is 0 Å². The molecule has 0 N–H and O–H groups in total. The molecule has 40 heavy (non-hydrogen) atoms. The Morgan fingerprint density at radius 3 is 1.68 bits per heavy atom. The number of likely N-dealkylation sites (N-methyl/N-ethyl adjacent to an activating group) is 1. The SMILES string of the molecule is CCCCCCCCCCCCCCCCOC[C@H](COP(=O)([O-])OCC[N+](C)(C)C)SC(=O)CCCCCC. The van der Waals surface area contributed by atoms with Crippen LogP contribution in [0.4, 0.5) is 0 Å². The average Bonchev–Trinajstić information content (AvgIpc) is 2.88. The standard InChI is InChI=1S/C31H64NO6PS/c1-6-8-10-12-13-14-15-16-17-18-19-20-21-23-26-36-28-30(40-31(33)24-22-11-9-7-2)29-38-39(34,35)37-27-25-32(3,4)5/h30H,6-29H2,1-5H3/t30-/m1/s1. The monoisotopic (exact) mass is 609 g/mol. The summed E-state index contributed by atoms with van der Waals surface area (Å²) in [5.41, 5.74) is 0. The van der Waals surface area contributed by atoms with Gasteiger partial charge in [0.05, 0.1) is 39.6 Å². The zero-order valence-electron chi connectivity index (χ0n) is 26.8. The van der Waals surface area contributed by atoms with Crippen molar-refractivity contribution in [3.63, 3.8) is 0 Å². The van der Waals surface area contributed by atoms with E-state index in [2.05, 4.69) is 13.8 Å². The van der Waals surface area contributed by atoms with E-state index >= 15 is 0 Å². The van der Waals surface area contributed by atoms with Crippen molar-refractivity contribution >= 4 is 24.7 Å². The predicted octanol–water partition coefficient (Wildman–Crippen LogP) is 8.29. The highest BCUT2D eigenvalue weighted by atomic mass is 32.2. The number of carbonyl (C=O) groups is 1. The second-order valence-electron chi connectivity index (χ2n) is 12.2. The summed E-state index contributed by atoms with van der Waals surface area (Å²) in [6.07, 6.45) is 23.0. The topological polar surface area (TPSA) is 84.9 Å². The maximum absolute atomic E-state index is 12.5. The number of quaternary nitrogens is 1. The van der Waals surface area contributed by atoms with E-state index < -0.39 is 7.82 Å². The first kappa shape index (κ1) is 40.1. The van der Waals surface area contributed by atoms with Crippen LogP contribution in [0.2, 0.25) is 0 Å². The zero-order chi connectivity index (χ0) is 30.0. The Kier molecular flexibility index (Phi) is 26.7. The predicted molar refractivity (Wildman–Crippen MR) is 169 cm³/mol. The van der Waals surface area contributed by atoms with E-state index in [1.807, 2.05) is 21.1 Å². The molecule has 0 aromatic heterocycles. The van der Waals surface area contributed by atoms with Crippen LogP contribution in [-0.4, -0.2) is 69.0 Å². The highest BCUT2D eigenvalue weighted by molar-refractivity contribution is 8.14. The quantitative estimate of drug-likeness (QED) is 0.0460. The number of hydrogen-bond donors (Lipinski definition) is 0. The fourth-order valence-electron chi connectivity index (χ4n) is 4.31. The Hall–Kier alpha value is 0.0500. The number of unbranched alkanes of at least 4 members (excludes halogenated alkanes) is 16. The second kappa shape index (κ2) is 26.7. The van der Waals surface area contributed by atoms with Crippen LogP contribution < -0.4 is 4.89 Å². The third-order valence-corrected chi connectivity index (χ3v) is 8.95. The molecule has 0 aliphatic heterocycles. The number of phosphoric ester groups is 1. The van der Waals surface area contributed by atoms with E-state index in [9.17, 15) is 14.3 Å². The minimum absolute atomic E-state index is 0.0636. The van der Waals surface area contributed by atoms with E-state index in [0.29, 0.717) is 30.7 Å². The first-order valence-electron chi connectivity index (χ1n) is 16.3. The number of hydrogen-bond acceptors (Lipinski definition) is 7. The van der Waals surface area contributed by atoms with Crippen molar-refractivity contribution in [2.24, 2.45) is 0 Å². The van der Waals surface area contributed by atoms with Crippen LogP contribution in [0.1, 0.15) is 136 Å². The van der Waals surface area contributed by atoms with E-state index in [1.54, 1.807) is 0 Å². The maximum atomic E-state index is 12.5. The molecule has 0 aliphatic rings. The lowest BCUT2D eigenvalue weighted by Crippen LogP contribution is -2.37. The minimum atomic E-state index is -4.42. The summed E-state index contributed by atoms with van der Waals surface area (Å²) in [7, 11) is 1.48. The summed E-state index contributed by atoms with van der Waals surface area (Å²) < 4.78 is 28.8. The molecule has 0 aromatic carbocycles. The molecule has 2 atom stereocenters. The molecule has 0 saturated heterocycles. The van der Waals surface area contributed by atoms with Gasteiger partial charge in [0.2, 0.25) is 0 Å². The van der Waals surface area contributed by atoms with E-state index in [4.69, 9.17) is 13.8 Å². The van der Waals surface area contributed by atoms with Crippen LogP contribution >= 0.6 is 19.6 Å². The van der Waals surface area contributed by atoms with Crippen molar-refractivity contribution in [2.75, 3.05) is 54.1 Å². The van der Waals surface area contributed by atoms with Crippen LogP contribution in [0.3, 0.4) is 0 Å². The average molecular weight is 610 g/mol. The first-order valence-corrected chi connectivity index (χ1v) is 18.6. The fourth-order valence-corrected chi connectivity index (χ4v) is 6.09. The Bertz CT molecular complexity index is 631. The van der Waals surface area contributed by atoms with Gasteiger partial charge in [0, 0.05) is 13.0 Å². The highest BCUT2D eigenvalue weighted by Gasteiger charge is 2.20. The molecule has 0 radical (unpaired) electrons. The van der Waals surface area contributed by atoms with Gasteiger partial charge < -0.3 is 23.2 Å². The third kappa shape index (κ3) is 29.5. The minimum Gasteiger partial charge on any atom is -0.756 e. The lowest BCUT2D eigenvalue weighted by molar-refractivity contribution is -0.870. The Morgan fingerprint density at radius 1 is 0.700 bits per heavy atom. The molecular formula is C31H64NO6PS. The van der Waals surface area contributed by atoms with Crippen molar-refractivity contribution in [3.8, 4) is 0 Å². The summed E-state index contributed by atoms with van der Waals surface area (Å²) in [6, 6.07) is 0. The van der Waals surface area contributed by atoms with Crippen molar-refractivity contribution in [1.82, 2.24) is 0 Å². The summed E-state index contributed by atoms with van der Waals surface area (Å²) in [4.78, 5) is 24.7. The summed E-state index contributed by atoms with van der Waals surface area (Å²) >= 11 is 1.15.